The normalized spacial score (nSPS) is 14.6. The number of nitrogens with zero attached hydrogens (tertiary/aromatic N) is 3. The van der Waals surface area contributed by atoms with Crippen molar-refractivity contribution in [3.05, 3.63) is 23.9 Å². The van der Waals surface area contributed by atoms with E-state index in [0.717, 1.165) is 18.9 Å². The van der Waals surface area contributed by atoms with Gasteiger partial charge in [0.2, 0.25) is 0 Å². The van der Waals surface area contributed by atoms with Crippen molar-refractivity contribution in [2.24, 2.45) is 0 Å². The van der Waals surface area contributed by atoms with E-state index >= 15 is 0 Å². The first-order valence-corrected chi connectivity index (χ1v) is 6.07. The molecule has 0 spiro atoms. The summed E-state index contributed by atoms with van der Waals surface area (Å²) in [6.45, 7) is 1.79. The van der Waals surface area contributed by atoms with Crippen molar-refractivity contribution < 1.29 is 0 Å². The quantitative estimate of drug-likeness (QED) is 0.812. The summed E-state index contributed by atoms with van der Waals surface area (Å²) < 4.78 is 0. The summed E-state index contributed by atoms with van der Waals surface area (Å²) in [4.78, 5) is 6.61. The maximum Gasteiger partial charge on any atom is 0.125 e. The van der Waals surface area contributed by atoms with Crippen LogP contribution in [0.1, 0.15) is 24.8 Å². The molecule has 0 saturated heterocycles. The third kappa shape index (κ3) is 3.43. The van der Waals surface area contributed by atoms with E-state index in [9.17, 15) is 0 Å². The molecule has 17 heavy (non-hydrogen) atoms. The lowest BCUT2D eigenvalue weighted by Crippen LogP contribution is -2.26. The van der Waals surface area contributed by atoms with Crippen LogP contribution in [0.15, 0.2) is 18.3 Å². The van der Waals surface area contributed by atoms with Crippen LogP contribution in [0.5, 0.6) is 0 Å². The summed E-state index contributed by atoms with van der Waals surface area (Å²) in [5.74, 6) is 0.901. The Kier molecular flexibility index (Phi) is 3.94. The summed E-state index contributed by atoms with van der Waals surface area (Å²) in [6.07, 6.45) is 4.99. The van der Waals surface area contributed by atoms with Gasteiger partial charge in [0, 0.05) is 38.8 Å². The lowest BCUT2D eigenvalue weighted by molar-refractivity contribution is 0.261. The SMILES string of the molecule is CNc1cc(CN(CCC#N)C2CC2)ccn1. The Morgan fingerprint density at radius 1 is 1.59 bits per heavy atom. The summed E-state index contributed by atoms with van der Waals surface area (Å²) in [6, 6.07) is 7.03. The van der Waals surface area contributed by atoms with E-state index < -0.39 is 0 Å². The Morgan fingerprint density at radius 2 is 2.41 bits per heavy atom. The molecule has 2 rings (SSSR count). The molecule has 0 bridgehead atoms. The molecule has 0 aromatic carbocycles. The van der Waals surface area contributed by atoms with E-state index in [1.165, 1.54) is 18.4 Å². The molecular formula is C13H18N4. The Hall–Kier alpha value is -1.60. The van der Waals surface area contributed by atoms with Crippen molar-refractivity contribution in [1.29, 1.82) is 5.26 Å². The molecule has 0 atom stereocenters. The molecule has 1 N–H and O–H groups in total. The van der Waals surface area contributed by atoms with Crippen molar-refractivity contribution >= 4 is 5.82 Å². The van der Waals surface area contributed by atoms with Gasteiger partial charge >= 0.3 is 0 Å². The maximum absolute atomic E-state index is 8.67. The first-order valence-electron chi connectivity index (χ1n) is 6.07. The highest BCUT2D eigenvalue weighted by Gasteiger charge is 2.28. The Morgan fingerprint density at radius 3 is 3.06 bits per heavy atom. The molecule has 0 radical (unpaired) electrons. The Bertz CT molecular complexity index is 406. The van der Waals surface area contributed by atoms with Crippen molar-refractivity contribution in [3.8, 4) is 6.07 Å². The van der Waals surface area contributed by atoms with Crippen molar-refractivity contribution in [1.82, 2.24) is 9.88 Å². The summed E-state index contributed by atoms with van der Waals surface area (Å²) in [5, 5.41) is 11.7. The van der Waals surface area contributed by atoms with Crippen molar-refractivity contribution in [2.45, 2.75) is 31.8 Å². The number of nitriles is 1. The topological polar surface area (TPSA) is 52.0 Å². The van der Waals surface area contributed by atoms with Crippen LogP contribution >= 0.6 is 0 Å². The predicted octanol–water partition coefficient (Wildman–Crippen LogP) is 2.00. The van der Waals surface area contributed by atoms with Gasteiger partial charge in [-0.1, -0.05) is 0 Å². The van der Waals surface area contributed by atoms with Crippen LogP contribution in [0.25, 0.3) is 0 Å². The number of hydrogen-bond donors (Lipinski definition) is 1. The van der Waals surface area contributed by atoms with Gasteiger partial charge in [-0.25, -0.2) is 4.98 Å². The van der Waals surface area contributed by atoms with E-state index in [1.807, 2.05) is 19.3 Å². The fourth-order valence-corrected chi connectivity index (χ4v) is 1.97. The van der Waals surface area contributed by atoms with E-state index in [0.29, 0.717) is 12.5 Å². The highest BCUT2D eigenvalue weighted by Crippen LogP contribution is 2.28. The van der Waals surface area contributed by atoms with Crippen LogP contribution in [0.3, 0.4) is 0 Å². The molecule has 1 fully saturated rings. The molecule has 0 aliphatic heterocycles. The molecule has 4 nitrogen and oxygen atoms in total. The van der Waals surface area contributed by atoms with Gasteiger partial charge < -0.3 is 5.32 Å². The minimum atomic E-state index is 0.612. The van der Waals surface area contributed by atoms with Gasteiger partial charge in [-0.15, -0.1) is 0 Å². The molecule has 0 amide bonds. The van der Waals surface area contributed by atoms with Gasteiger partial charge in [0.05, 0.1) is 6.07 Å². The fourth-order valence-electron chi connectivity index (χ4n) is 1.97. The van der Waals surface area contributed by atoms with Crippen molar-refractivity contribution in [2.75, 3.05) is 18.9 Å². The van der Waals surface area contributed by atoms with Crippen molar-refractivity contribution in [3.63, 3.8) is 0 Å². The molecular weight excluding hydrogens is 212 g/mol. The number of nitrogens with one attached hydrogen (secondary N) is 1. The van der Waals surface area contributed by atoms with E-state index in [4.69, 9.17) is 5.26 Å². The molecule has 1 heterocycles. The van der Waals surface area contributed by atoms with E-state index in [1.54, 1.807) is 0 Å². The molecule has 90 valence electrons. The Balaban J connectivity index is 1.98. The maximum atomic E-state index is 8.67. The second kappa shape index (κ2) is 5.65. The minimum Gasteiger partial charge on any atom is -0.373 e. The third-order valence-corrected chi connectivity index (χ3v) is 3.04. The molecule has 1 aliphatic carbocycles. The molecule has 1 aromatic heterocycles. The van der Waals surface area contributed by atoms with E-state index in [2.05, 4.69) is 27.3 Å². The summed E-state index contributed by atoms with van der Waals surface area (Å²) in [5.41, 5.74) is 1.26. The zero-order valence-corrected chi connectivity index (χ0v) is 10.2. The van der Waals surface area contributed by atoms with Gasteiger partial charge in [-0.2, -0.15) is 5.26 Å². The second-order valence-corrected chi connectivity index (χ2v) is 4.41. The first kappa shape index (κ1) is 11.9. The average Bonchev–Trinajstić information content (AvgIpc) is 3.19. The number of hydrogen-bond acceptors (Lipinski definition) is 4. The molecule has 4 heteroatoms. The highest BCUT2D eigenvalue weighted by molar-refractivity contribution is 5.36. The smallest absolute Gasteiger partial charge is 0.125 e. The fraction of sp³-hybridized carbons (Fsp3) is 0.538. The van der Waals surface area contributed by atoms with Gasteiger partial charge in [0.15, 0.2) is 0 Å². The predicted molar refractivity (Wildman–Crippen MR) is 67.4 cm³/mol. The number of rotatable bonds is 6. The molecule has 0 unspecified atom stereocenters. The van der Waals surface area contributed by atoms with Crippen LogP contribution in [0.4, 0.5) is 5.82 Å². The zero-order chi connectivity index (χ0) is 12.1. The van der Waals surface area contributed by atoms with Gasteiger partial charge in [-0.05, 0) is 30.5 Å². The lowest BCUT2D eigenvalue weighted by atomic mass is 10.2. The van der Waals surface area contributed by atoms with Crippen LogP contribution in [-0.2, 0) is 6.54 Å². The zero-order valence-electron chi connectivity index (χ0n) is 10.2. The van der Waals surface area contributed by atoms with Crippen LogP contribution in [0, 0.1) is 11.3 Å². The largest absolute Gasteiger partial charge is 0.373 e. The standard InChI is InChI=1S/C13H18N4/c1-15-13-9-11(5-7-16-13)10-17(8-2-6-14)12-3-4-12/h5,7,9,12H,2-4,8,10H2,1H3,(H,15,16). The lowest BCUT2D eigenvalue weighted by Gasteiger charge is -2.20. The average molecular weight is 230 g/mol. The Labute approximate surface area is 102 Å². The third-order valence-electron chi connectivity index (χ3n) is 3.04. The highest BCUT2D eigenvalue weighted by atomic mass is 15.2. The van der Waals surface area contributed by atoms with Gasteiger partial charge in [-0.3, -0.25) is 4.90 Å². The van der Waals surface area contributed by atoms with Crippen LogP contribution in [0.2, 0.25) is 0 Å². The molecule has 1 aliphatic rings. The van der Waals surface area contributed by atoms with Gasteiger partial charge in [0.1, 0.15) is 5.82 Å². The van der Waals surface area contributed by atoms with E-state index in [-0.39, 0.29) is 0 Å². The second-order valence-electron chi connectivity index (χ2n) is 4.41. The van der Waals surface area contributed by atoms with Crippen LogP contribution < -0.4 is 5.32 Å². The monoisotopic (exact) mass is 230 g/mol. The molecule has 1 saturated carbocycles. The van der Waals surface area contributed by atoms with Crippen LogP contribution in [-0.4, -0.2) is 29.5 Å². The molecule has 1 aromatic rings. The first-order chi connectivity index (χ1) is 8.33. The van der Waals surface area contributed by atoms with Gasteiger partial charge in [0.25, 0.3) is 0 Å². The number of aromatic nitrogens is 1. The number of anilines is 1. The minimum absolute atomic E-state index is 0.612. The summed E-state index contributed by atoms with van der Waals surface area (Å²) in [7, 11) is 1.88. The summed E-state index contributed by atoms with van der Waals surface area (Å²) >= 11 is 0. The number of pyridine rings is 1.